The summed E-state index contributed by atoms with van der Waals surface area (Å²) >= 11 is 8.71. The predicted octanol–water partition coefficient (Wildman–Crippen LogP) is 4.04. The molecule has 0 saturated heterocycles. The summed E-state index contributed by atoms with van der Waals surface area (Å²) in [5.41, 5.74) is 2.17. The van der Waals surface area contributed by atoms with Gasteiger partial charge in [0.05, 0.1) is 0 Å². The molecule has 0 atom stereocenters. The molecule has 3 rings (SSSR count). The first-order chi connectivity index (χ1) is 11.3. The van der Waals surface area contributed by atoms with Crippen LogP contribution in [0.4, 0.5) is 0 Å². The van der Waals surface area contributed by atoms with Crippen LogP contribution < -0.4 is 0 Å². The van der Waals surface area contributed by atoms with Crippen LogP contribution in [-0.4, -0.2) is 25.5 Å². The van der Waals surface area contributed by atoms with Gasteiger partial charge in [-0.1, -0.05) is 35.2 Å². The van der Waals surface area contributed by atoms with E-state index in [1.54, 1.807) is 23.1 Å². The van der Waals surface area contributed by atoms with Gasteiger partial charge < -0.3 is 0 Å². The molecule has 3 aromatic rings. The third kappa shape index (κ3) is 4.95. The zero-order valence-electron chi connectivity index (χ0n) is 12.5. The van der Waals surface area contributed by atoms with Crippen molar-refractivity contribution in [3.8, 4) is 0 Å². The summed E-state index contributed by atoms with van der Waals surface area (Å²) in [5, 5.41) is 4.60. The lowest BCUT2D eigenvalue weighted by molar-refractivity contribution is 0.588. The van der Waals surface area contributed by atoms with Crippen molar-refractivity contribution in [1.29, 1.82) is 0 Å². The molecule has 0 amide bonds. The molecule has 3 aromatic heterocycles. The number of pyridine rings is 2. The number of rotatable bonds is 7. The van der Waals surface area contributed by atoms with E-state index in [4.69, 9.17) is 12.2 Å². The number of nitrogens with zero attached hydrogens (tertiary/aromatic N) is 4. The number of aromatic nitrogens is 4. The molecule has 0 spiro atoms. The normalized spacial score (nSPS) is 10.8. The summed E-state index contributed by atoms with van der Waals surface area (Å²) in [7, 11) is 0. The minimum Gasteiger partial charge on any atom is -0.261 e. The van der Waals surface area contributed by atoms with Gasteiger partial charge in [0, 0.05) is 42.5 Å². The molecule has 0 aliphatic carbocycles. The van der Waals surface area contributed by atoms with E-state index < -0.39 is 0 Å². The van der Waals surface area contributed by atoms with Gasteiger partial charge >= 0.3 is 0 Å². The molecule has 0 radical (unpaired) electrons. The predicted molar refractivity (Wildman–Crippen MR) is 97.5 cm³/mol. The molecule has 3 heterocycles. The van der Waals surface area contributed by atoms with Crippen molar-refractivity contribution < 1.29 is 0 Å². The molecule has 0 fully saturated rings. The molecule has 0 unspecified atom stereocenters. The van der Waals surface area contributed by atoms with Crippen molar-refractivity contribution >= 4 is 35.3 Å². The zero-order chi connectivity index (χ0) is 15.9. The average molecular weight is 361 g/mol. The summed E-state index contributed by atoms with van der Waals surface area (Å²) in [6, 6.07) is 12.0. The van der Waals surface area contributed by atoms with Crippen molar-refractivity contribution in [2.75, 3.05) is 5.75 Å². The Balaban J connectivity index is 1.53. The fourth-order valence-electron chi connectivity index (χ4n) is 2.04. The van der Waals surface area contributed by atoms with Crippen molar-refractivity contribution in [2.45, 2.75) is 23.7 Å². The molecule has 0 N–H and O–H groups in total. The van der Waals surface area contributed by atoms with E-state index in [0.29, 0.717) is 0 Å². The third-order valence-electron chi connectivity index (χ3n) is 3.20. The van der Waals surface area contributed by atoms with Crippen LogP contribution >= 0.6 is 35.3 Å². The van der Waals surface area contributed by atoms with Crippen LogP contribution in [0, 0.1) is 3.95 Å². The van der Waals surface area contributed by atoms with Gasteiger partial charge in [-0.2, -0.15) is 5.10 Å². The Hall–Kier alpha value is -1.57. The molecule has 0 aliphatic heterocycles. The highest BCUT2D eigenvalue weighted by Gasteiger charge is 2.05. The summed E-state index contributed by atoms with van der Waals surface area (Å²) in [6.45, 7) is 0.771. The zero-order valence-corrected chi connectivity index (χ0v) is 14.9. The minimum absolute atomic E-state index is 0.771. The molecule has 0 aromatic carbocycles. The van der Waals surface area contributed by atoms with Crippen molar-refractivity contribution in [2.24, 2.45) is 0 Å². The number of hydrogen-bond donors (Lipinski definition) is 0. The van der Waals surface area contributed by atoms with Crippen LogP contribution in [0.2, 0.25) is 0 Å². The maximum Gasteiger partial charge on any atom is 0.180 e. The molecule has 23 heavy (non-hydrogen) atoms. The highest BCUT2D eigenvalue weighted by Crippen LogP contribution is 2.22. The maximum absolute atomic E-state index is 5.41. The van der Waals surface area contributed by atoms with Crippen molar-refractivity contribution in [3.05, 3.63) is 64.1 Å². The Morgan fingerprint density at radius 2 is 1.70 bits per heavy atom. The van der Waals surface area contributed by atoms with Crippen LogP contribution in [0.5, 0.6) is 0 Å². The van der Waals surface area contributed by atoms with E-state index in [9.17, 15) is 0 Å². The highest BCUT2D eigenvalue weighted by atomic mass is 32.2. The minimum atomic E-state index is 0.771. The van der Waals surface area contributed by atoms with Gasteiger partial charge in [-0.15, -0.1) is 0 Å². The molecule has 0 aliphatic rings. The fraction of sp³-hybridized carbons (Fsp3) is 0.250. The average Bonchev–Trinajstić information content (AvgIpc) is 2.95. The van der Waals surface area contributed by atoms with Crippen LogP contribution in [-0.2, 0) is 19.4 Å². The summed E-state index contributed by atoms with van der Waals surface area (Å²) < 4.78 is 3.74. The lowest BCUT2D eigenvalue weighted by atomic mass is 10.3. The first kappa shape index (κ1) is 16.3. The lowest BCUT2D eigenvalue weighted by Crippen LogP contribution is -2.04. The Bertz CT molecular complexity index is 784. The monoisotopic (exact) mass is 360 g/mol. The first-order valence-corrected chi connectivity index (χ1v) is 9.53. The van der Waals surface area contributed by atoms with Gasteiger partial charge in [-0.25, -0.2) is 4.68 Å². The second-order valence-corrected chi connectivity index (χ2v) is 7.81. The van der Waals surface area contributed by atoms with Crippen LogP contribution in [0.25, 0.3) is 0 Å². The molecule has 0 saturated carbocycles. The fourth-order valence-corrected chi connectivity index (χ4v) is 4.46. The largest absolute Gasteiger partial charge is 0.261 e. The summed E-state index contributed by atoms with van der Waals surface area (Å²) in [4.78, 5) is 8.66. The number of aryl methyl sites for hydroxylation is 3. The van der Waals surface area contributed by atoms with Gasteiger partial charge in [0.25, 0.3) is 0 Å². The van der Waals surface area contributed by atoms with Crippen LogP contribution in [0.1, 0.15) is 11.4 Å². The standard InChI is InChI=1S/C16H16N4S3/c21-16-20(11-7-13-5-1-3-9-17-13)19-15(23-16)22-12-8-14-6-2-4-10-18-14/h1-6,9-10H,7-8,11-12H2. The lowest BCUT2D eigenvalue weighted by Gasteiger charge is -2.01. The van der Waals surface area contributed by atoms with Gasteiger partial charge in [0.15, 0.2) is 8.29 Å². The van der Waals surface area contributed by atoms with Crippen LogP contribution in [0.3, 0.4) is 0 Å². The Morgan fingerprint density at radius 3 is 2.35 bits per heavy atom. The van der Waals surface area contributed by atoms with E-state index >= 15 is 0 Å². The van der Waals surface area contributed by atoms with Crippen LogP contribution in [0.15, 0.2) is 53.1 Å². The van der Waals surface area contributed by atoms with Crippen molar-refractivity contribution in [3.63, 3.8) is 0 Å². The van der Waals surface area contributed by atoms with E-state index in [1.807, 2.05) is 53.5 Å². The first-order valence-electron chi connectivity index (χ1n) is 7.32. The quantitative estimate of drug-likeness (QED) is 0.470. The van der Waals surface area contributed by atoms with Gasteiger partial charge in [0.2, 0.25) is 0 Å². The Labute approximate surface area is 148 Å². The SMILES string of the molecule is S=c1sc(SCCc2ccccn2)nn1CCc1ccccn1. The third-order valence-corrected chi connectivity index (χ3v) is 5.65. The Morgan fingerprint density at radius 1 is 1.00 bits per heavy atom. The maximum atomic E-state index is 5.41. The van der Waals surface area contributed by atoms with Gasteiger partial charge in [-0.3, -0.25) is 9.97 Å². The Kier molecular flexibility index (Phi) is 5.90. The van der Waals surface area contributed by atoms with E-state index in [2.05, 4.69) is 15.1 Å². The number of hydrogen-bond acceptors (Lipinski definition) is 6. The smallest absolute Gasteiger partial charge is 0.180 e. The number of thioether (sulfide) groups is 1. The van der Waals surface area contributed by atoms with E-state index in [0.717, 1.165) is 44.8 Å². The topological polar surface area (TPSA) is 43.6 Å². The molecule has 7 heteroatoms. The summed E-state index contributed by atoms with van der Waals surface area (Å²) in [6.07, 6.45) is 5.42. The molecular formula is C16H16N4S3. The second kappa shape index (κ2) is 8.33. The highest BCUT2D eigenvalue weighted by molar-refractivity contribution is 8.01. The van der Waals surface area contributed by atoms with Crippen molar-refractivity contribution in [1.82, 2.24) is 19.7 Å². The molecule has 0 bridgehead atoms. The van der Waals surface area contributed by atoms with Gasteiger partial charge in [-0.05, 0) is 42.9 Å². The molecular weight excluding hydrogens is 344 g/mol. The van der Waals surface area contributed by atoms with E-state index in [-0.39, 0.29) is 0 Å². The van der Waals surface area contributed by atoms with E-state index in [1.165, 1.54) is 0 Å². The molecule has 118 valence electrons. The summed E-state index contributed by atoms with van der Waals surface area (Å²) in [5.74, 6) is 0.958. The van der Waals surface area contributed by atoms with Gasteiger partial charge in [0.1, 0.15) is 0 Å². The second-order valence-electron chi connectivity index (χ2n) is 4.85. The molecule has 4 nitrogen and oxygen atoms in total.